The summed E-state index contributed by atoms with van der Waals surface area (Å²) >= 11 is 5.95. The lowest BCUT2D eigenvalue weighted by Gasteiger charge is -2.22. The van der Waals surface area contributed by atoms with Crippen molar-refractivity contribution in [3.05, 3.63) is 83.1 Å². The maximum absolute atomic E-state index is 13.0. The van der Waals surface area contributed by atoms with Gasteiger partial charge in [0, 0.05) is 18.3 Å². The van der Waals surface area contributed by atoms with Gasteiger partial charge in [-0.1, -0.05) is 48.0 Å². The average molecular weight is 540 g/mol. The van der Waals surface area contributed by atoms with Crippen LogP contribution in [0.1, 0.15) is 55.1 Å². The van der Waals surface area contributed by atoms with Crippen molar-refractivity contribution >= 4 is 33.3 Å². The number of nitrogens with one attached hydrogen (secondary N) is 3. The molecule has 37 heavy (non-hydrogen) atoms. The third-order valence-electron chi connectivity index (χ3n) is 7.35. The highest BCUT2D eigenvalue weighted by atomic mass is 35.5. The van der Waals surface area contributed by atoms with Crippen LogP contribution >= 0.6 is 11.6 Å². The van der Waals surface area contributed by atoms with E-state index in [4.69, 9.17) is 11.6 Å². The first kappa shape index (κ1) is 25.6. The third kappa shape index (κ3) is 5.63. The first-order valence-electron chi connectivity index (χ1n) is 12.3. The molecule has 1 aliphatic heterocycles. The number of benzene rings is 1. The largest absolute Gasteiger partial charge is 0.363 e. The standard InChI is InChI=1S/C27H30ClN5O3S/c1-26(2)16-27(17-30-26)15-19(27)14-21(18-8-4-3-5-9-18)31-22-11-6-12-23(32-22)37(35,36)33-25(34)20-10-7-13-29-24(20)28/h3-13,19,21,30H,14-17H2,1-2H3,(H,31,32)(H,33,34). The molecule has 2 aliphatic rings. The van der Waals surface area contributed by atoms with Crippen LogP contribution in [-0.2, 0) is 10.0 Å². The minimum atomic E-state index is -4.23. The molecule has 194 valence electrons. The van der Waals surface area contributed by atoms with Crippen molar-refractivity contribution < 1.29 is 13.2 Å². The summed E-state index contributed by atoms with van der Waals surface area (Å²) in [5, 5.41) is 6.77. The van der Waals surface area contributed by atoms with E-state index in [1.807, 2.05) is 22.9 Å². The lowest BCUT2D eigenvalue weighted by Crippen LogP contribution is -2.31. The minimum absolute atomic E-state index is 0.0332. The molecule has 0 radical (unpaired) electrons. The summed E-state index contributed by atoms with van der Waals surface area (Å²) in [7, 11) is -4.23. The van der Waals surface area contributed by atoms with Gasteiger partial charge in [0.05, 0.1) is 11.6 Å². The highest BCUT2D eigenvalue weighted by Gasteiger charge is 2.59. The number of carbonyl (C=O) groups excluding carboxylic acids is 1. The van der Waals surface area contributed by atoms with E-state index in [9.17, 15) is 13.2 Å². The second-order valence-corrected chi connectivity index (χ2v) is 12.6. The highest BCUT2D eigenvalue weighted by Crippen LogP contribution is 2.62. The molecule has 2 aromatic heterocycles. The Morgan fingerprint density at radius 1 is 1.14 bits per heavy atom. The first-order chi connectivity index (χ1) is 17.6. The Hall–Kier alpha value is -3.01. The number of halogens is 1. The fourth-order valence-electron chi connectivity index (χ4n) is 5.47. The summed E-state index contributed by atoms with van der Waals surface area (Å²) in [4.78, 5) is 20.7. The van der Waals surface area contributed by atoms with Crippen LogP contribution < -0.4 is 15.4 Å². The van der Waals surface area contributed by atoms with Crippen LogP contribution in [0, 0.1) is 11.3 Å². The Morgan fingerprint density at radius 3 is 2.62 bits per heavy atom. The maximum atomic E-state index is 13.0. The quantitative estimate of drug-likeness (QED) is 0.359. The molecule has 2 fully saturated rings. The Balaban J connectivity index is 1.34. The van der Waals surface area contributed by atoms with Gasteiger partial charge in [0.1, 0.15) is 11.0 Å². The zero-order valence-electron chi connectivity index (χ0n) is 20.7. The van der Waals surface area contributed by atoms with E-state index in [-0.39, 0.29) is 27.3 Å². The van der Waals surface area contributed by atoms with E-state index in [0.717, 1.165) is 24.9 Å². The van der Waals surface area contributed by atoms with Gasteiger partial charge in [-0.15, -0.1) is 0 Å². The third-order valence-corrected chi connectivity index (χ3v) is 8.88. The zero-order valence-corrected chi connectivity index (χ0v) is 22.3. The minimum Gasteiger partial charge on any atom is -0.363 e. The van der Waals surface area contributed by atoms with Crippen molar-refractivity contribution in [2.75, 3.05) is 11.9 Å². The molecule has 3 heterocycles. The summed E-state index contributed by atoms with van der Waals surface area (Å²) in [5.41, 5.74) is 1.56. The fraction of sp³-hybridized carbons (Fsp3) is 0.370. The van der Waals surface area contributed by atoms with Crippen molar-refractivity contribution in [2.45, 2.75) is 49.7 Å². The second kappa shape index (κ2) is 9.70. The van der Waals surface area contributed by atoms with Gasteiger partial charge in [-0.25, -0.2) is 14.7 Å². The summed E-state index contributed by atoms with van der Waals surface area (Å²) in [6, 6.07) is 17.7. The average Bonchev–Trinajstić information content (AvgIpc) is 3.42. The van der Waals surface area contributed by atoms with Crippen LogP contribution in [-0.4, -0.2) is 36.4 Å². The highest BCUT2D eigenvalue weighted by molar-refractivity contribution is 7.90. The van der Waals surface area contributed by atoms with Gasteiger partial charge in [-0.2, -0.15) is 8.42 Å². The van der Waals surface area contributed by atoms with Crippen LogP contribution in [0.4, 0.5) is 5.82 Å². The Labute approximate surface area is 222 Å². The van der Waals surface area contributed by atoms with Crippen LogP contribution in [0.15, 0.2) is 71.9 Å². The van der Waals surface area contributed by atoms with E-state index in [0.29, 0.717) is 17.2 Å². The van der Waals surface area contributed by atoms with Crippen LogP contribution in [0.25, 0.3) is 0 Å². The number of hydrogen-bond acceptors (Lipinski definition) is 7. The molecule has 1 amide bonds. The number of pyridine rings is 2. The van der Waals surface area contributed by atoms with Gasteiger partial charge in [-0.05, 0) is 74.3 Å². The summed E-state index contributed by atoms with van der Waals surface area (Å²) in [6.07, 6.45) is 4.66. The maximum Gasteiger partial charge on any atom is 0.281 e. The number of carbonyl (C=O) groups is 1. The molecule has 3 unspecified atom stereocenters. The van der Waals surface area contributed by atoms with Gasteiger partial charge in [0.2, 0.25) is 0 Å². The van der Waals surface area contributed by atoms with Crippen molar-refractivity contribution in [3.8, 4) is 0 Å². The van der Waals surface area contributed by atoms with E-state index >= 15 is 0 Å². The number of sulfonamides is 1. The molecule has 10 heteroatoms. The predicted octanol–water partition coefficient (Wildman–Crippen LogP) is 4.57. The lowest BCUT2D eigenvalue weighted by molar-refractivity contribution is 0.0981. The molecular weight excluding hydrogens is 510 g/mol. The molecule has 8 nitrogen and oxygen atoms in total. The number of hydrogen-bond donors (Lipinski definition) is 3. The molecule has 3 N–H and O–H groups in total. The number of rotatable bonds is 8. The summed E-state index contributed by atoms with van der Waals surface area (Å²) < 4.78 is 28.0. The number of aromatic nitrogens is 2. The monoisotopic (exact) mass is 539 g/mol. The molecular formula is C27H30ClN5O3S. The van der Waals surface area contributed by atoms with Gasteiger partial charge in [0.15, 0.2) is 5.03 Å². The number of amides is 1. The molecule has 3 atom stereocenters. The van der Waals surface area contributed by atoms with Crippen molar-refractivity contribution in [1.29, 1.82) is 0 Å². The Morgan fingerprint density at radius 2 is 1.92 bits per heavy atom. The molecule has 1 saturated carbocycles. The second-order valence-electron chi connectivity index (χ2n) is 10.7. The van der Waals surface area contributed by atoms with Crippen LogP contribution in [0.2, 0.25) is 5.15 Å². The molecule has 5 rings (SSSR count). The lowest BCUT2D eigenvalue weighted by atomic mass is 9.90. The van der Waals surface area contributed by atoms with Crippen molar-refractivity contribution in [2.24, 2.45) is 11.3 Å². The normalized spacial score (nSPS) is 22.9. The molecule has 1 aromatic carbocycles. The first-order valence-corrected chi connectivity index (χ1v) is 14.1. The van der Waals surface area contributed by atoms with Gasteiger partial charge in [0.25, 0.3) is 15.9 Å². The van der Waals surface area contributed by atoms with Gasteiger partial charge >= 0.3 is 0 Å². The Kier molecular flexibility index (Phi) is 6.72. The smallest absolute Gasteiger partial charge is 0.281 e. The fourth-order valence-corrected chi connectivity index (χ4v) is 6.61. The molecule has 1 spiro atoms. The van der Waals surface area contributed by atoms with Crippen molar-refractivity contribution in [1.82, 2.24) is 20.0 Å². The van der Waals surface area contributed by atoms with Gasteiger partial charge < -0.3 is 10.6 Å². The molecule has 1 aliphatic carbocycles. The van der Waals surface area contributed by atoms with Crippen LogP contribution in [0.3, 0.4) is 0 Å². The van der Waals surface area contributed by atoms with Crippen molar-refractivity contribution in [3.63, 3.8) is 0 Å². The van der Waals surface area contributed by atoms with E-state index in [1.54, 1.807) is 12.1 Å². The number of anilines is 1. The number of nitrogens with zero attached hydrogens (tertiary/aromatic N) is 2. The summed E-state index contributed by atoms with van der Waals surface area (Å²) in [6.45, 7) is 5.53. The molecule has 1 saturated heterocycles. The van der Waals surface area contributed by atoms with Crippen LogP contribution in [0.5, 0.6) is 0 Å². The van der Waals surface area contributed by atoms with Gasteiger partial charge in [-0.3, -0.25) is 4.79 Å². The molecule has 0 bridgehead atoms. The van der Waals surface area contributed by atoms with E-state index < -0.39 is 15.9 Å². The Bertz CT molecular complexity index is 1420. The van der Waals surface area contributed by atoms with E-state index in [1.165, 1.54) is 30.8 Å². The topological polar surface area (TPSA) is 113 Å². The van der Waals surface area contributed by atoms with E-state index in [2.05, 4.69) is 46.6 Å². The SMILES string of the molecule is CC1(C)CC2(CN1)CC2CC(Nc1cccc(S(=O)(=O)NC(=O)c2cccnc2Cl)n1)c1ccccc1. The predicted molar refractivity (Wildman–Crippen MR) is 143 cm³/mol. The molecule has 3 aromatic rings. The summed E-state index contributed by atoms with van der Waals surface area (Å²) in [5.74, 6) is 0.116. The zero-order chi connectivity index (χ0) is 26.3.